The molecule has 0 saturated heterocycles. The first kappa shape index (κ1) is 8.74. The molecule has 0 spiro atoms. The fraction of sp³-hybridized carbons (Fsp3) is 0.222. The number of nitrogen functional groups attached to an aromatic ring is 1. The van der Waals surface area contributed by atoms with Crippen LogP contribution < -0.4 is 11.5 Å². The Balaban J connectivity index is 2.74. The molecule has 1 atom stereocenters. The average molecular weight is 163 g/mol. The Kier molecular flexibility index (Phi) is 2.82. The molecule has 0 bridgehead atoms. The molecule has 0 aliphatic rings. The van der Waals surface area contributed by atoms with Gasteiger partial charge in [0.1, 0.15) is 5.82 Å². The lowest BCUT2D eigenvalue weighted by atomic mass is 10.1. The lowest BCUT2D eigenvalue weighted by molar-refractivity contribution is 0.738. The maximum absolute atomic E-state index is 5.80. The second-order valence-corrected chi connectivity index (χ2v) is 2.65. The largest absolute Gasteiger partial charge is 0.384 e. The predicted octanol–water partition coefficient (Wildman–Crippen LogP) is 1.24. The topological polar surface area (TPSA) is 64.9 Å². The zero-order valence-electron chi connectivity index (χ0n) is 6.90. The minimum atomic E-state index is -0.0180. The molecule has 0 aliphatic heterocycles. The van der Waals surface area contributed by atoms with Gasteiger partial charge < -0.3 is 11.5 Å². The normalized spacial score (nSPS) is 12.4. The van der Waals surface area contributed by atoms with Gasteiger partial charge in [0, 0.05) is 12.2 Å². The van der Waals surface area contributed by atoms with Crippen molar-refractivity contribution >= 4 is 5.82 Å². The van der Waals surface area contributed by atoms with Gasteiger partial charge in [0.15, 0.2) is 0 Å². The van der Waals surface area contributed by atoms with E-state index < -0.39 is 0 Å². The van der Waals surface area contributed by atoms with Gasteiger partial charge in [0.05, 0.1) is 0 Å². The summed E-state index contributed by atoms with van der Waals surface area (Å²) in [7, 11) is 0. The number of pyridine rings is 1. The molecular weight excluding hydrogens is 150 g/mol. The van der Waals surface area contributed by atoms with Gasteiger partial charge in [-0.1, -0.05) is 12.1 Å². The Morgan fingerprint density at radius 3 is 2.83 bits per heavy atom. The highest BCUT2D eigenvalue weighted by Gasteiger charge is 2.02. The number of aromatic nitrogens is 1. The van der Waals surface area contributed by atoms with E-state index in [2.05, 4.69) is 11.6 Å². The molecule has 0 aliphatic carbocycles. The molecule has 0 saturated carbocycles. The van der Waals surface area contributed by atoms with Gasteiger partial charge in [-0.15, -0.1) is 6.58 Å². The highest BCUT2D eigenvalue weighted by atomic mass is 14.8. The van der Waals surface area contributed by atoms with Crippen molar-refractivity contribution in [1.29, 1.82) is 0 Å². The van der Waals surface area contributed by atoms with Gasteiger partial charge in [-0.2, -0.15) is 0 Å². The van der Waals surface area contributed by atoms with Crippen LogP contribution >= 0.6 is 0 Å². The van der Waals surface area contributed by atoms with E-state index in [1.807, 2.05) is 6.07 Å². The first-order valence-corrected chi connectivity index (χ1v) is 3.82. The summed E-state index contributed by atoms with van der Waals surface area (Å²) in [4.78, 5) is 3.95. The van der Waals surface area contributed by atoms with E-state index in [0.717, 1.165) is 12.0 Å². The summed E-state index contributed by atoms with van der Waals surface area (Å²) in [6, 6.07) is 3.62. The van der Waals surface area contributed by atoms with Crippen LogP contribution in [0.4, 0.5) is 5.82 Å². The first-order valence-electron chi connectivity index (χ1n) is 3.82. The van der Waals surface area contributed by atoms with Gasteiger partial charge in [-0.3, -0.25) is 0 Å². The molecule has 1 rings (SSSR count). The summed E-state index contributed by atoms with van der Waals surface area (Å²) in [5.41, 5.74) is 12.2. The van der Waals surface area contributed by atoms with Gasteiger partial charge >= 0.3 is 0 Å². The lowest BCUT2D eigenvalue weighted by Gasteiger charge is -2.07. The van der Waals surface area contributed by atoms with Crippen LogP contribution in [-0.4, -0.2) is 4.98 Å². The number of hydrogen-bond donors (Lipinski definition) is 2. The van der Waals surface area contributed by atoms with E-state index in [1.165, 1.54) is 0 Å². The van der Waals surface area contributed by atoms with Crippen LogP contribution in [0.1, 0.15) is 18.0 Å². The first-order chi connectivity index (χ1) is 5.74. The quantitative estimate of drug-likeness (QED) is 0.659. The van der Waals surface area contributed by atoms with Crippen molar-refractivity contribution in [3.8, 4) is 0 Å². The average Bonchev–Trinajstić information content (AvgIpc) is 2.06. The van der Waals surface area contributed by atoms with Crippen LogP contribution in [-0.2, 0) is 0 Å². The number of rotatable bonds is 3. The van der Waals surface area contributed by atoms with Crippen LogP contribution in [0.15, 0.2) is 31.0 Å². The molecule has 12 heavy (non-hydrogen) atoms. The summed E-state index contributed by atoms with van der Waals surface area (Å²) >= 11 is 0. The second-order valence-electron chi connectivity index (χ2n) is 2.65. The zero-order valence-corrected chi connectivity index (χ0v) is 6.90. The van der Waals surface area contributed by atoms with Crippen molar-refractivity contribution in [1.82, 2.24) is 4.98 Å². The number of hydrogen-bond acceptors (Lipinski definition) is 3. The highest BCUT2D eigenvalue weighted by molar-refractivity contribution is 5.30. The number of nitrogens with two attached hydrogens (primary N) is 2. The summed E-state index contributed by atoms with van der Waals surface area (Å²) in [5.74, 6) is 0.518. The molecular formula is C9H13N3. The Morgan fingerprint density at radius 2 is 2.33 bits per heavy atom. The van der Waals surface area contributed by atoms with E-state index in [4.69, 9.17) is 11.5 Å². The van der Waals surface area contributed by atoms with Crippen molar-refractivity contribution in [3.05, 3.63) is 36.5 Å². The highest BCUT2D eigenvalue weighted by Crippen LogP contribution is 2.13. The van der Waals surface area contributed by atoms with E-state index in [1.54, 1.807) is 18.3 Å². The summed E-state index contributed by atoms with van der Waals surface area (Å²) < 4.78 is 0. The minimum Gasteiger partial charge on any atom is -0.384 e. The van der Waals surface area contributed by atoms with E-state index in [0.29, 0.717) is 5.82 Å². The molecule has 0 fully saturated rings. The maximum atomic E-state index is 5.80. The Labute approximate surface area is 72.1 Å². The Bertz CT molecular complexity index is 253. The van der Waals surface area contributed by atoms with E-state index in [9.17, 15) is 0 Å². The molecule has 4 N–H and O–H groups in total. The Morgan fingerprint density at radius 1 is 1.58 bits per heavy atom. The minimum absolute atomic E-state index is 0.0180. The number of anilines is 1. The smallest absolute Gasteiger partial charge is 0.123 e. The zero-order chi connectivity index (χ0) is 8.97. The molecule has 3 heteroatoms. The van der Waals surface area contributed by atoms with Crippen molar-refractivity contribution in [2.45, 2.75) is 12.5 Å². The molecule has 0 amide bonds. The molecule has 1 heterocycles. The SMILES string of the molecule is C=CC[C@@H](N)c1ccc(N)nc1. The molecule has 1 aromatic heterocycles. The maximum Gasteiger partial charge on any atom is 0.123 e. The molecule has 0 radical (unpaired) electrons. The molecule has 64 valence electrons. The van der Waals surface area contributed by atoms with E-state index >= 15 is 0 Å². The summed E-state index contributed by atoms with van der Waals surface area (Å²) in [5, 5.41) is 0. The fourth-order valence-electron chi connectivity index (χ4n) is 0.952. The fourth-order valence-corrected chi connectivity index (χ4v) is 0.952. The third-order valence-corrected chi connectivity index (χ3v) is 1.66. The molecule has 1 aromatic rings. The third kappa shape index (κ3) is 2.07. The van der Waals surface area contributed by atoms with Gasteiger partial charge in [0.25, 0.3) is 0 Å². The predicted molar refractivity (Wildman–Crippen MR) is 50.4 cm³/mol. The molecule has 0 aromatic carbocycles. The summed E-state index contributed by atoms with van der Waals surface area (Å²) in [6.45, 7) is 3.62. The standard InChI is InChI=1S/C9H13N3/c1-2-3-8(10)7-4-5-9(11)12-6-7/h2,4-6,8H,1,3,10H2,(H2,11,12)/t8-/m1/s1. The van der Waals surface area contributed by atoms with Crippen LogP contribution in [0.3, 0.4) is 0 Å². The molecule has 3 nitrogen and oxygen atoms in total. The van der Waals surface area contributed by atoms with Gasteiger partial charge in [0.2, 0.25) is 0 Å². The number of nitrogens with zero attached hydrogens (tertiary/aromatic N) is 1. The van der Waals surface area contributed by atoms with Crippen molar-refractivity contribution in [3.63, 3.8) is 0 Å². The van der Waals surface area contributed by atoms with Crippen LogP contribution in [0.25, 0.3) is 0 Å². The van der Waals surface area contributed by atoms with Crippen LogP contribution in [0.2, 0.25) is 0 Å². The monoisotopic (exact) mass is 163 g/mol. The summed E-state index contributed by atoms with van der Waals surface area (Å²) in [6.07, 6.45) is 4.25. The van der Waals surface area contributed by atoms with Crippen molar-refractivity contribution < 1.29 is 0 Å². The lowest BCUT2D eigenvalue weighted by Crippen LogP contribution is -2.09. The van der Waals surface area contributed by atoms with Gasteiger partial charge in [-0.05, 0) is 18.1 Å². The van der Waals surface area contributed by atoms with Crippen LogP contribution in [0, 0.1) is 0 Å². The van der Waals surface area contributed by atoms with Crippen LogP contribution in [0.5, 0.6) is 0 Å². The molecule has 0 unspecified atom stereocenters. The van der Waals surface area contributed by atoms with E-state index in [-0.39, 0.29) is 6.04 Å². The van der Waals surface area contributed by atoms with Gasteiger partial charge in [-0.25, -0.2) is 4.98 Å². The third-order valence-electron chi connectivity index (χ3n) is 1.66. The Hall–Kier alpha value is -1.35. The van der Waals surface area contributed by atoms with Crippen molar-refractivity contribution in [2.24, 2.45) is 5.73 Å². The second kappa shape index (κ2) is 3.88. The van der Waals surface area contributed by atoms with Crippen molar-refractivity contribution in [2.75, 3.05) is 5.73 Å².